The minimum atomic E-state index is -0.141. The molecule has 0 rings (SSSR count). The van der Waals surface area contributed by atoms with Crippen molar-refractivity contribution in [1.29, 1.82) is 0 Å². The van der Waals surface area contributed by atoms with Gasteiger partial charge in [-0.1, -0.05) is 20.4 Å². The zero-order valence-corrected chi connectivity index (χ0v) is 6.69. The summed E-state index contributed by atoms with van der Waals surface area (Å²) >= 11 is 0. The second-order valence-electron chi connectivity index (χ2n) is 2.38. The fourth-order valence-corrected chi connectivity index (χ4v) is 0.456. The van der Waals surface area contributed by atoms with Crippen LogP contribution >= 0.6 is 0 Å². The van der Waals surface area contributed by atoms with Crippen LogP contribution in [0.25, 0.3) is 0 Å². The Kier molecular flexibility index (Phi) is 3.72. The number of hydrazine groups is 1. The van der Waals surface area contributed by atoms with Gasteiger partial charge in [-0.05, 0) is 5.92 Å². The maximum atomic E-state index is 10.9. The first-order valence-electron chi connectivity index (χ1n) is 3.25. The van der Waals surface area contributed by atoms with E-state index in [1.807, 2.05) is 13.8 Å². The molecular weight excluding hydrogens is 128 g/mol. The Bertz CT molecular complexity index is 141. The minimum Gasteiger partial charge on any atom is -0.288 e. The van der Waals surface area contributed by atoms with Gasteiger partial charge >= 0.3 is 0 Å². The molecule has 3 heteroatoms. The number of hydrogen-bond acceptors (Lipinski definition) is 2. The van der Waals surface area contributed by atoms with Crippen LogP contribution < -0.4 is 10.9 Å². The van der Waals surface area contributed by atoms with E-state index in [1.165, 1.54) is 0 Å². The molecule has 0 aromatic rings. The summed E-state index contributed by atoms with van der Waals surface area (Å²) in [7, 11) is 1.64. The summed E-state index contributed by atoms with van der Waals surface area (Å²) < 4.78 is 0. The molecule has 0 aliphatic rings. The molecule has 1 amide bonds. The predicted molar refractivity (Wildman–Crippen MR) is 41.2 cm³/mol. The number of hydrogen-bond donors (Lipinski definition) is 2. The van der Waals surface area contributed by atoms with Crippen molar-refractivity contribution in [2.24, 2.45) is 5.92 Å². The molecular formula is C7H14N2O. The van der Waals surface area contributed by atoms with E-state index in [0.717, 1.165) is 0 Å². The monoisotopic (exact) mass is 142 g/mol. The van der Waals surface area contributed by atoms with Gasteiger partial charge < -0.3 is 0 Å². The molecule has 0 heterocycles. The minimum absolute atomic E-state index is 0.141. The van der Waals surface area contributed by atoms with Gasteiger partial charge in [-0.25, -0.2) is 5.43 Å². The van der Waals surface area contributed by atoms with Crippen LogP contribution in [0.3, 0.4) is 0 Å². The highest BCUT2D eigenvalue weighted by molar-refractivity contribution is 5.92. The summed E-state index contributed by atoms with van der Waals surface area (Å²) in [6.45, 7) is 7.48. The number of nitrogens with one attached hydrogen (secondary N) is 2. The smallest absolute Gasteiger partial charge is 0.260 e. The van der Waals surface area contributed by atoms with Crippen LogP contribution in [0.2, 0.25) is 0 Å². The normalized spacial score (nSPS) is 9.60. The third-order valence-corrected chi connectivity index (χ3v) is 1.23. The van der Waals surface area contributed by atoms with Crippen molar-refractivity contribution in [1.82, 2.24) is 10.9 Å². The average molecular weight is 142 g/mol. The second-order valence-corrected chi connectivity index (χ2v) is 2.38. The average Bonchev–Trinajstić information content (AvgIpc) is 1.87. The van der Waals surface area contributed by atoms with E-state index in [0.29, 0.717) is 5.57 Å². The van der Waals surface area contributed by atoms with E-state index in [-0.39, 0.29) is 11.8 Å². The Balaban J connectivity index is 3.83. The van der Waals surface area contributed by atoms with Crippen LogP contribution in [0.1, 0.15) is 13.8 Å². The van der Waals surface area contributed by atoms with Crippen molar-refractivity contribution in [2.45, 2.75) is 13.8 Å². The third kappa shape index (κ3) is 2.64. The van der Waals surface area contributed by atoms with E-state index < -0.39 is 0 Å². The van der Waals surface area contributed by atoms with Crippen molar-refractivity contribution < 1.29 is 4.79 Å². The van der Waals surface area contributed by atoms with Crippen molar-refractivity contribution in [2.75, 3.05) is 7.05 Å². The molecule has 0 aliphatic heterocycles. The van der Waals surface area contributed by atoms with Crippen molar-refractivity contribution in [3.8, 4) is 0 Å². The van der Waals surface area contributed by atoms with Gasteiger partial charge in [0, 0.05) is 12.6 Å². The zero-order chi connectivity index (χ0) is 8.15. The molecule has 3 nitrogen and oxygen atoms in total. The van der Waals surface area contributed by atoms with E-state index in [9.17, 15) is 4.79 Å². The van der Waals surface area contributed by atoms with Gasteiger partial charge in [0.15, 0.2) is 0 Å². The number of carbonyl (C=O) groups is 1. The first kappa shape index (κ1) is 9.17. The molecule has 2 N–H and O–H groups in total. The Morgan fingerprint density at radius 1 is 1.50 bits per heavy atom. The van der Waals surface area contributed by atoms with Gasteiger partial charge in [0.25, 0.3) is 5.91 Å². The molecule has 0 fully saturated rings. The lowest BCUT2D eigenvalue weighted by Crippen LogP contribution is -2.35. The lowest BCUT2D eigenvalue weighted by atomic mass is 10.1. The molecule has 0 aromatic carbocycles. The van der Waals surface area contributed by atoms with Gasteiger partial charge in [-0.15, -0.1) is 0 Å². The quantitative estimate of drug-likeness (QED) is 0.443. The summed E-state index contributed by atoms with van der Waals surface area (Å²) in [6, 6.07) is 0. The molecule has 0 bridgehead atoms. The van der Waals surface area contributed by atoms with Gasteiger partial charge in [-0.2, -0.15) is 0 Å². The molecule has 0 radical (unpaired) electrons. The predicted octanol–water partition coefficient (Wildman–Crippen LogP) is 0.449. The van der Waals surface area contributed by atoms with Gasteiger partial charge in [-0.3, -0.25) is 10.2 Å². The number of carbonyl (C=O) groups excluding carboxylic acids is 1. The molecule has 0 unspecified atom stereocenters. The van der Waals surface area contributed by atoms with E-state index >= 15 is 0 Å². The van der Waals surface area contributed by atoms with Crippen molar-refractivity contribution in [3.05, 3.63) is 12.2 Å². The molecule has 0 saturated carbocycles. The summed E-state index contributed by atoms with van der Waals surface area (Å²) in [6.07, 6.45) is 0. The van der Waals surface area contributed by atoms with E-state index in [4.69, 9.17) is 0 Å². The third-order valence-electron chi connectivity index (χ3n) is 1.23. The Hall–Kier alpha value is -0.830. The lowest BCUT2D eigenvalue weighted by Gasteiger charge is -2.07. The molecule has 0 saturated heterocycles. The standard InChI is InChI=1S/C7H14N2O/c1-5(2)6(3)7(10)9-8-4/h5,8H,3H2,1-2,4H3,(H,9,10). The van der Waals surface area contributed by atoms with E-state index in [2.05, 4.69) is 17.4 Å². The highest BCUT2D eigenvalue weighted by Gasteiger charge is 2.08. The highest BCUT2D eigenvalue weighted by atomic mass is 16.2. The second kappa shape index (κ2) is 4.06. The largest absolute Gasteiger partial charge is 0.288 e. The Labute approximate surface area is 61.5 Å². The van der Waals surface area contributed by atoms with Crippen LogP contribution in [0.4, 0.5) is 0 Å². The molecule has 0 aromatic heterocycles. The Morgan fingerprint density at radius 3 is 2.30 bits per heavy atom. The highest BCUT2D eigenvalue weighted by Crippen LogP contribution is 2.04. The van der Waals surface area contributed by atoms with E-state index in [1.54, 1.807) is 7.05 Å². The number of amides is 1. The van der Waals surface area contributed by atoms with Gasteiger partial charge in [0.2, 0.25) is 0 Å². The van der Waals surface area contributed by atoms with Crippen LogP contribution in [0.15, 0.2) is 12.2 Å². The number of rotatable bonds is 3. The van der Waals surface area contributed by atoms with Gasteiger partial charge in [0.1, 0.15) is 0 Å². The van der Waals surface area contributed by atoms with Crippen LogP contribution in [-0.2, 0) is 4.79 Å². The van der Waals surface area contributed by atoms with Crippen LogP contribution in [-0.4, -0.2) is 13.0 Å². The van der Waals surface area contributed by atoms with Crippen LogP contribution in [0, 0.1) is 5.92 Å². The SMILES string of the molecule is C=C(C(=O)NNC)C(C)C. The molecule has 0 aliphatic carbocycles. The fraction of sp³-hybridized carbons (Fsp3) is 0.571. The van der Waals surface area contributed by atoms with Crippen LogP contribution in [0.5, 0.6) is 0 Å². The molecule has 10 heavy (non-hydrogen) atoms. The maximum Gasteiger partial charge on any atom is 0.260 e. The zero-order valence-electron chi connectivity index (χ0n) is 6.69. The molecule has 0 atom stereocenters. The van der Waals surface area contributed by atoms with Gasteiger partial charge in [0.05, 0.1) is 0 Å². The maximum absolute atomic E-state index is 10.9. The summed E-state index contributed by atoms with van der Waals surface area (Å²) in [5.74, 6) is 0.0610. The summed E-state index contributed by atoms with van der Waals surface area (Å²) in [5.41, 5.74) is 5.57. The fourth-order valence-electron chi connectivity index (χ4n) is 0.456. The molecule has 58 valence electrons. The summed E-state index contributed by atoms with van der Waals surface area (Å²) in [4.78, 5) is 10.9. The Morgan fingerprint density at radius 2 is 2.00 bits per heavy atom. The van der Waals surface area contributed by atoms with Crippen molar-refractivity contribution in [3.63, 3.8) is 0 Å². The topological polar surface area (TPSA) is 41.1 Å². The van der Waals surface area contributed by atoms with Crippen molar-refractivity contribution >= 4 is 5.91 Å². The first-order valence-corrected chi connectivity index (χ1v) is 3.25. The lowest BCUT2D eigenvalue weighted by molar-refractivity contribution is -0.118. The summed E-state index contributed by atoms with van der Waals surface area (Å²) in [5, 5.41) is 0. The molecule has 0 spiro atoms. The first-order chi connectivity index (χ1) is 4.59.